The lowest BCUT2D eigenvalue weighted by Gasteiger charge is -2.14. The van der Waals surface area contributed by atoms with Crippen molar-refractivity contribution in [2.75, 3.05) is 19.5 Å². The molecular weight excluding hydrogens is 374 g/mol. The van der Waals surface area contributed by atoms with Crippen molar-refractivity contribution in [2.45, 2.75) is 0 Å². The summed E-state index contributed by atoms with van der Waals surface area (Å²) in [4.78, 5) is 24.2. The van der Waals surface area contributed by atoms with Crippen LogP contribution in [0.5, 0.6) is 23.0 Å². The number of anilines is 1. The number of methoxy groups -OCH3 is 2. The summed E-state index contributed by atoms with van der Waals surface area (Å²) in [7, 11) is 2.83. The molecule has 0 heterocycles. The van der Waals surface area contributed by atoms with E-state index in [-0.39, 0.29) is 17.0 Å². The first-order chi connectivity index (χ1) is 14.0. The van der Waals surface area contributed by atoms with Crippen LogP contribution in [0.25, 0.3) is 0 Å². The number of carbonyl (C=O) groups is 2. The van der Waals surface area contributed by atoms with E-state index in [1.54, 1.807) is 24.3 Å². The Morgan fingerprint density at radius 2 is 1.41 bits per heavy atom. The van der Waals surface area contributed by atoms with Crippen molar-refractivity contribution in [1.82, 2.24) is 0 Å². The number of rotatable bonds is 7. The van der Waals surface area contributed by atoms with Crippen molar-refractivity contribution in [3.8, 4) is 23.0 Å². The molecule has 0 unspecified atom stereocenters. The Morgan fingerprint density at radius 1 is 0.828 bits per heavy atom. The van der Waals surface area contributed by atoms with Gasteiger partial charge < -0.3 is 24.6 Å². The normalized spacial score (nSPS) is 10.1. The van der Waals surface area contributed by atoms with Crippen LogP contribution in [0.1, 0.15) is 20.7 Å². The maximum atomic E-state index is 12.6. The fraction of sp³-hybridized carbons (Fsp3) is 0.0909. The highest BCUT2D eigenvalue weighted by molar-refractivity contribution is 6.08. The van der Waals surface area contributed by atoms with Crippen LogP contribution in [0.3, 0.4) is 0 Å². The number of aromatic carboxylic acids is 1. The lowest BCUT2D eigenvalue weighted by molar-refractivity contribution is 0.0697. The van der Waals surface area contributed by atoms with Gasteiger partial charge >= 0.3 is 5.97 Å². The summed E-state index contributed by atoms with van der Waals surface area (Å²) >= 11 is 0. The van der Waals surface area contributed by atoms with Gasteiger partial charge in [-0.25, -0.2) is 4.79 Å². The predicted molar refractivity (Wildman–Crippen MR) is 107 cm³/mol. The Hall–Kier alpha value is -4.00. The second-order valence-electron chi connectivity index (χ2n) is 5.95. The molecule has 0 spiro atoms. The second-order valence-corrected chi connectivity index (χ2v) is 5.95. The zero-order valence-electron chi connectivity index (χ0n) is 15.8. The zero-order chi connectivity index (χ0) is 20.8. The number of para-hydroxylation sites is 1. The van der Waals surface area contributed by atoms with Gasteiger partial charge in [-0.2, -0.15) is 0 Å². The average Bonchev–Trinajstić information content (AvgIpc) is 2.74. The molecule has 0 aromatic heterocycles. The number of carboxylic acid groups (broad SMARTS) is 1. The lowest BCUT2D eigenvalue weighted by atomic mass is 10.1. The molecule has 29 heavy (non-hydrogen) atoms. The van der Waals surface area contributed by atoms with E-state index in [9.17, 15) is 14.7 Å². The summed E-state index contributed by atoms with van der Waals surface area (Å²) in [5.41, 5.74) is 0.335. The first-order valence-electron chi connectivity index (χ1n) is 8.65. The van der Waals surface area contributed by atoms with E-state index >= 15 is 0 Å². The molecule has 0 fully saturated rings. The molecule has 2 N–H and O–H groups in total. The molecule has 3 aromatic carbocycles. The van der Waals surface area contributed by atoms with Gasteiger partial charge in [-0.1, -0.05) is 18.2 Å². The monoisotopic (exact) mass is 393 g/mol. The smallest absolute Gasteiger partial charge is 0.337 e. The van der Waals surface area contributed by atoms with E-state index in [1.165, 1.54) is 26.4 Å². The minimum atomic E-state index is -1.20. The number of amides is 1. The number of ether oxygens (including phenoxy) is 3. The fourth-order valence-corrected chi connectivity index (χ4v) is 2.65. The summed E-state index contributed by atoms with van der Waals surface area (Å²) in [5, 5.41) is 12.1. The minimum Gasteiger partial charge on any atom is -0.493 e. The molecule has 0 saturated heterocycles. The Balaban J connectivity index is 1.80. The van der Waals surface area contributed by atoms with Crippen molar-refractivity contribution in [3.05, 3.63) is 77.9 Å². The number of hydrogen-bond donors (Lipinski definition) is 2. The topological polar surface area (TPSA) is 94.1 Å². The SMILES string of the molecule is COc1cc(NC(=O)c2ccc(Oc3ccccc3)cc2)c(C(=O)O)cc1OC. The molecule has 3 rings (SSSR count). The van der Waals surface area contributed by atoms with Crippen LogP contribution in [0.4, 0.5) is 5.69 Å². The molecule has 7 nitrogen and oxygen atoms in total. The second kappa shape index (κ2) is 8.79. The maximum Gasteiger partial charge on any atom is 0.337 e. The number of benzene rings is 3. The van der Waals surface area contributed by atoms with Gasteiger partial charge in [-0.3, -0.25) is 4.79 Å². The van der Waals surface area contributed by atoms with Crippen molar-refractivity contribution in [1.29, 1.82) is 0 Å². The predicted octanol–water partition coefficient (Wildman–Crippen LogP) is 4.45. The number of carboxylic acids is 1. The van der Waals surface area contributed by atoms with Gasteiger partial charge in [-0.05, 0) is 36.4 Å². The Labute approximate surface area is 167 Å². The third-order valence-electron chi connectivity index (χ3n) is 4.10. The molecule has 0 atom stereocenters. The highest BCUT2D eigenvalue weighted by Crippen LogP contribution is 2.33. The molecule has 0 aliphatic carbocycles. The van der Waals surface area contributed by atoms with Crippen molar-refractivity contribution >= 4 is 17.6 Å². The molecule has 0 radical (unpaired) electrons. The summed E-state index contributed by atoms with van der Waals surface area (Å²) in [6, 6.07) is 18.5. The summed E-state index contributed by atoms with van der Waals surface area (Å²) in [6.07, 6.45) is 0. The van der Waals surface area contributed by atoms with Crippen LogP contribution in [0.15, 0.2) is 66.7 Å². The van der Waals surface area contributed by atoms with Crippen LogP contribution in [0, 0.1) is 0 Å². The number of hydrogen-bond acceptors (Lipinski definition) is 5. The third-order valence-corrected chi connectivity index (χ3v) is 4.10. The Kier molecular flexibility index (Phi) is 5.99. The fourth-order valence-electron chi connectivity index (χ4n) is 2.65. The lowest BCUT2D eigenvalue weighted by Crippen LogP contribution is -2.15. The molecule has 148 valence electrons. The van der Waals surface area contributed by atoms with Gasteiger partial charge in [0.1, 0.15) is 11.5 Å². The van der Waals surface area contributed by atoms with Crippen molar-refractivity contribution in [3.63, 3.8) is 0 Å². The number of nitrogens with one attached hydrogen (secondary N) is 1. The van der Waals surface area contributed by atoms with E-state index in [1.807, 2.05) is 30.3 Å². The van der Waals surface area contributed by atoms with Crippen molar-refractivity contribution < 1.29 is 28.9 Å². The first-order valence-corrected chi connectivity index (χ1v) is 8.65. The van der Waals surface area contributed by atoms with E-state index in [2.05, 4.69) is 5.32 Å². The largest absolute Gasteiger partial charge is 0.493 e. The van der Waals surface area contributed by atoms with Gasteiger partial charge in [0.25, 0.3) is 5.91 Å². The minimum absolute atomic E-state index is 0.102. The molecule has 7 heteroatoms. The van der Waals surface area contributed by atoms with Crippen LogP contribution in [-0.2, 0) is 0 Å². The van der Waals surface area contributed by atoms with Gasteiger partial charge in [0.15, 0.2) is 11.5 Å². The molecule has 3 aromatic rings. The molecular formula is C22H19NO6. The van der Waals surface area contributed by atoms with Crippen LogP contribution < -0.4 is 19.5 Å². The number of carbonyl (C=O) groups excluding carboxylic acids is 1. The molecule has 0 aliphatic heterocycles. The standard InChI is InChI=1S/C22H19NO6/c1-27-19-12-17(22(25)26)18(13-20(19)28-2)23-21(24)14-8-10-16(11-9-14)29-15-6-4-3-5-7-15/h3-13H,1-2H3,(H,23,24)(H,25,26). The van der Waals surface area contributed by atoms with Gasteiger partial charge in [0.2, 0.25) is 0 Å². The highest BCUT2D eigenvalue weighted by atomic mass is 16.5. The molecule has 0 saturated carbocycles. The zero-order valence-corrected chi connectivity index (χ0v) is 15.8. The van der Waals surface area contributed by atoms with Crippen molar-refractivity contribution in [2.24, 2.45) is 0 Å². The van der Waals surface area contributed by atoms with E-state index < -0.39 is 11.9 Å². The van der Waals surface area contributed by atoms with Gasteiger partial charge in [0.05, 0.1) is 25.5 Å². The third kappa shape index (κ3) is 4.65. The quantitative estimate of drug-likeness (QED) is 0.616. The first kappa shape index (κ1) is 19.8. The summed E-state index contributed by atoms with van der Waals surface area (Å²) in [6.45, 7) is 0. The van der Waals surface area contributed by atoms with Crippen LogP contribution in [0.2, 0.25) is 0 Å². The maximum absolute atomic E-state index is 12.6. The van der Waals surface area contributed by atoms with Gasteiger partial charge in [-0.15, -0.1) is 0 Å². The average molecular weight is 393 g/mol. The molecule has 1 amide bonds. The highest BCUT2D eigenvalue weighted by Gasteiger charge is 2.18. The van der Waals surface area contributed by atoms with Crippen LogP contribution >= 0.6 is 0 Å². The Morgan fingerprint density at radius 3 is 2.00 bits per heavy atom. The van der Waals surface area contributed by atoms with E-state index in [0.717, 1.165) is 0 Å². The summed E-state index contributed by atoms with van der Waals surface area (Å²) in [5.74, 6) is 0.148. The van der Waals surface area contributed by atoms with Crippen LogP contribution in [-0.4, -0.2) is 31.2 Å². The van der Waals surface area contributed by atoms with E-state index in [4.69, 9.17) is 14.2 Å². The molecule has 0 bridgehead atoms. The Bertz CT molecular complexity index is 1020. The summed E-state index contributed by atoms with van der Waals surface area (Å²) < 4.78 is 16.0. The van der Waals surface area contributed by atoms with E-state index in [0.29, 0.717) is 22.8 Å². The molecule has 0 aliphatic rings. The van der Waals surface area contributed by atoms with Gasteiger partial charge in [0, 0.05) is 17.7 Å².